The van der Waals surface area contributed by atoms with Crippen molar-refractivity contribution >= 4 is 27.0 Å². The number of nitrogens with one attached hydrogen (secondary N) is 1. The molecule has 1 N–H and O–H groups in total. The highest BCUT2D eigenvalue weighted by Gasteiger charge is 2.39. The van der Waals surface area contributed by atoms with E-state index >= 15 is 0 Å². The molecule has 7 nitrogen and oxygen atoms in total. The zero-order valence-electron chi connectivity index (χ0n) is 19.7. The number of aryl methyl sites for hydroxylation is 1. The third-order valence-corrected chi connectivity index (χ3v) is 6.58. The molecule has 3 rings (SSSR count). The molecule has 0 aliphatic heterocycles. The predicted molar refractivity (Wildman–Crippen MR) is 122 cm³/mol. The molecule has 0 saturated carbocycles. The first kappa shape index (κ1) is 26.6. The molecule has 0 spiro atoms. The number of rotatable bonds is 5. The summed E-state index contributed by atoms with van der Waals surface area (Å²) in [5.41, 5.74) is 0.235. The summed E-state index contributed by atoms with van der Waals surface area (Å²) in [6.07, 6.45) is -4.25. The number of fused-ring (bicyclic) bond motifs is 1. The van der Waals surface area contributed by atoms with Crippen molar-refractivity contribution in [1.82, 2.24) is 14.3 Å². The molecule has 0 radical (unpaired) electrons. The third kappa shape index (κ3) is 5.81. The standard InChI is InChI=1S/C23H25F4N3O4S/c1-6-14-10-19-15(9-17(14)24)11-20(30(19)21(31)34-22(3,4)5)18-8-7-16(12-28-18)35(32,33)29-13(2)23(25,26)27/h7-13,29H,6H2,1-5H3/t13-/m0/s1. The SMILES string of the molecule is CCc1cc2c(cc1F)cc(-c1ccc(S(=O)(=O)N[C@@H](C)C(F)(F)F)cn1)n2C(=O)OC(C)(C)C. The normalized spacial score (nSPS) is 13.7. The fourth-order valence-corrected chi connectivity index (χ4v) is 4.47. The quantitative estimate of drug-likeness (QED) is 0.459. The van der Waals surface area contributed by atoms with Crippen LogP contribution in [-0.2, 0) is 21.2 Å². The number of alkyl halides is 3. The smallest absolute Gasteiger partial charge is 0.419 e. The highest BCUT2D eigenvalue weighted by molar-refractivity contribution is 7.89. The van der Waals surface area contributed by atoms with Gasteiger partial charge in [-0.1, -0.05) is 6.92 Å². The zero-order valence-corrected chi connectivity index (χ0v) is 20.5. The number of halogens is 4. The lowest BCUT2D eigenvalue weighted by atomic mass is 10.1. The maximum Gasteiger partial charge on any atom is 0.419 e. The van der Waals surface area contributed by atoms with Gasteiger partial charge in [0.2, 0.25) is 10.0 Å². The Kier molecular flexibility index (Phi) is 7.02. The van der Waals surface area contributed by atoms with Gasteiger partial charge in [0.1, 0.15) is 22.4 Å². The Balaban J connectivity index is 2.10. The van der Waals surface area contributed by atoms with Crippen LogP contribution in [-0.4, -0.2) is 41.9 Å². The van der Waals surface area contributed by atoms with Gasteiger partial charge >= 0.3 is 12.3 Å². The molecule has 0 amide bonds. The van der Waals surface area contributed by atoms with Crippen molar-refractivity contribution < 1.29 is 35.5 Å². The number of hydrogen-bond acceptors (Lipinski definition) is 5. The summed E-state index contributed by atoms with van der Waals surface area (Å²) in [5.74, 6) is -0.452. The number of nitrogens with zero attached hydrogens (tertiary/aromatic N) is 2. The summed E-state index contributed by atoms with van der Waals surface area (Å²) in [4.78, 5) is 16.6. The Labute approximate surface area is 200 Å². The number of hydrogen-bond donors (Lipinski definition) is 1. The van der Waals surface area contributed by atoms with Crippen molar-refractivity contribution in [3.8, 4) is 11.4 Å². The van der Waals surface area contributed by atoms with Crippen molar-refractivity contribution in [2.75, 3.05) is 0 Å². The molecule has 0 aliphatic carbocycles. The molecule has 0 aliphatic rings. The summed E-state index contributed by atoms with van der Waals surface area (Å²) in [6.45, 7) is 7.49. The molecule has 0 bridgehead atoms. The lowest BCUT2D eigenvalue weighted by molar-refractivity contribution is -0.147. The van der Waals surface area contributed by atoms with Gasteiger partial charge in [0.05, 0.1) is 16.9 Å². The molecule has 0 unspecified atom stereocenters. The van der Waals surface area contributed by atoms with Gasteiger partial charge in [-0.25, -0.2) is 22.2 Å². The average Bonchev–Trinajstić information content (AvgIpc) is 3.09. The van der Waals surface area contributed by atoms with Gasteiger partial charge in [-0.15, -0.1) is 0 Å². The molecule has 0 fully saturated rings. The lowest BCUT2D eigenvalue weighted by Crippen LogP contribution is -2.42. The van der Waals surface area contributed by atoms with E-state index in [1.54, 1.807) is 32.4 Å². The summed E-state index contributed by atoms with van der Waals surface area (Å²) >= 11 is 0. The van der Waals surface area contributed by atoms with Gasteiger partial charge in [0.25, 0.3) is 0 Å². The van der Waals surface area contributed by atoms with Gasteiger partial charge in [0.15, 0.2) is 0 Å². The summed E-state index contributed by atoms with van der Waals surface area (Å²) in [5, 5.41) is 0.389. The predicted octanol–water partition coefficient (Wildman–Crippen LogP) is 5.42. The summed E-state index contributed by atoms with van der Waals surface area (Å²) in [7, 11) is -4.51. The molecule has 3 aromatic rings. The fourth-order valence-electron chi connectivity index (χ4n) is 3.29. The number of sulfonamides is 1. The van der Waals surface area contributed by atoms with Gasteiger partial charge in [-0.05, 0) is 70.0 Å². The van der Waals surface area contributed by atoms with Crippen LogP contribution < -0.4 is 4.72 Å². The van der Waals surface area contributed by atoms with Gasteiger partial charge in [0, 0.05) is 11.6 Å². The van der Waals surface area contributed by atoms with Gasteiger partial charge < -0.3 is 4.74 Å². The molecule has 2 heterocycles. The number of aromatic nitrogens is 2. The van der Waals surface area contributed by atoms with E-state index in [1.165, 1.54) is 28.8 Å². The van der Waals surface area contributed by atoms with Crippen molar-refractivity contribution in [2.45, 2.75) is 63.8 Å². The maximum atomic E-state index is 14.4. The van der Waals surface area contributed by atoms with Crippen LogP contribution >= 0.6 is 0 Å². The monoisotopic (exact) mass is 515 g/mol. The topological polar surface area (TPSA) is 90.3 Å². The van der Waals surface area contributed by atoms with E-state index < -0.39 is 44.6 Å². The molecule has 12 heteroatoms. The number of carbonyl (C=O) groups excluding carboxylic acids is 1. The molecule has 2 aromatic heterocycles. The van der Waals surface area contributed by atoms with Crippen LogP contribution in [0.5, 0.6) is 0 Å². The van der Waals surface area contributed by atoms with E-state index in [-0.39, 0.29) is 11.4 Å². The van der Waals surface area contributed by atoms with Crippen molar-refractivity contribution in [2.24, 2.45) is 0 Å². The Hall–Kier alpha value is -2.99. The number of benzene rings is 1. The second kappa shape index (κ2) is 9.23. The minimum Gasteiger partial charge on any atom is -0.443 e. The van der Waals surface area contributed by atoms with Gasteiger partial charge in [-0.2, -0.15) is 17.9 Å². The first-order valence-electron chi connectivity index (χ1n) is 10.7. The lowest BCUT2D eigenvalue weighted by Gasteiger charge is -2.21. The number of carbonyl (C=O) groups is 1. The largest absolute Gasteiger partial charge is 0.443 e. The van der Waals surface area contributed by atoms with Gasteiger partial charge in [-0.3, -0.25) is 4.98 Å². The summed E-state index contributed by atoms with van der Waals surface area (Å²) < 4.78 is 85.7. The van der Waals surface area contributed by atoms with Crippen LogP contribution in [0, 0.1) is 5.82 Å². The first-order chi connectivity index (χ1) is 16.0. The molecular weight excluding hydrogens is 490 g/mol. The highest BCUT2D eigenvalue weighted by atomic mass is 32.2. The van der Waals surface area contributed by atoms with Crippen molar-refractivity contribution in [3.05, 3.63) is 47.9 Å². The maximum absolute atomic E-state index is 14.4. The average molecular weight is 516 g/mol. The Morgan fingerprint density at radius 3 is 2.34 bits per heavy atom. The Morgan fingerprint density at radius 2 is 1.83 bits per heavy atom. The fraction of sp³-hybridized carbons (Fsp3) is 0.391. The molecule has 0 saturated heterocycles. The van der Waals surface area contributed by atoms with E-state index in [1.807, 2.05) is 0 Å². The van der Waals surface area contributed by atoms with Crippen LogP contribution in [0.3, 0.4) is 0 Å². The van der Waals surface area contributed by atoms with E-state index in [9.17, 15) is 30.8 Å². The zero-order chi connectivity index (χ0) is 26.3. The van der Waals surface area contributed by atoms with Crippen LogP contribution in [0.2, 0.25) is 0 Å². The molecule has 1 atom stereocenters. The molecule has 190 valence electrons. The van der Waals surface area contributed by atoms with E-state index in [2.05, 4.69) is 4.98 Å². The van der Waals surface area contributed by atoms with Crippen LogP contribution in [0.25, 0.3) is 22.3 Å². The highest BCUT2D eigenvalue weighted by Crippen LogP contribution is 2.31. The van der Waals surface area contributed by atoms with Crippen LogP contribution in [0.15, 0.2) is 41.4 Å². The molecule has 1 aromatic carbocycles. The first-order valence-corrected chi connectivity index (χ1v) is 12.1. The van der Waals surface area contributed by atoms with E-state index in [4.69, 9.17) is 4.74 Å². The Bertz CT molecular complexity index is 1360. The van der Waals surface area contributed by atoms with Crippen molar-refractivity contribution in [3.63, 3.8) is 0 Å². The van der Waals surface area contributed by atoms with E-state index in [0.717, 1.165) is 12.3 Å². The molecular formula is C23H25F4N3O4S. The second-order valence-electron chi connectivity index (χ2n) is 8.97. The minimum atomic E-state index is -4.76. The number of ether oxygens (including phenoxy) is 1. The van der Waals surface area contributed by atoms with Crippen LogP contribution in [0.1, 0.15) is 40.2 Å². The van der Waals surface area contributed by atoms with Crippen LogP contribution in [0.4, 0.5) is 22.4 Å². The number of pyridine rings is 1. The van der Waals surface area contributed by atoms with E-state index in [0.29, 0.717) is 29.8 Å². The second-order valence-corrected chi connectivity index (χ2v) is 10.7. The molecule has 35 heavy (non-hydrogen) atoms. The third-order valence-electron chi connectivity index (χ3n) is 5.06. The minimum absolute atomic E-state index is 0.133. The Morgan fingerprint density at radius 1 is 1.17 bits per heavy atom. The van der Waals surface area contributed by atoms with Crippen molar-refractivity contribution in [1.29, 1.82) is 0 Å². The summed E-state index contributed by atoms with van der Waals surface area (Å²) in [6, 6.07) is 4.33.